The Morgan fingerprint density at radius 2 is 0.857 bits per heavy atom. The van der Waals surface area contributed by atoms with Crippen molar-refractivity contribution in [2.45, 2.75) is 0 Å². The third kappa shape index (κ3) is 3.29. The fourth-order valence-electron chi connectivity index (χ4n) is 0.591. The summed E-state index contributed by atoms with van der Waals surface area (Å²) >= 11 is 12.3. The summed E-state index contributed by atoms with van der Waals surface area (Å²) in [6, 6.07) is 0. The molecule has 0 amide bonds. The van der Waals surface area contributed by atoms with Gasteiger partial charge >= 0.3 is 26.2 Å². The monoisotopic (exact) mass is 646 g/mol. The van der Waals surface area contributed by atoms with E-state index in [0.717, 1.165) is 0 Å². The van der Waals surface area contributed by atoms with E-state index in [4.69, 9.17) is 0 Å². The zero-order valence-corrected chi connectivity index (χ0v) is 16.0. The van der Waals surface area contributed by atoms with Crippen LogP contribution in [0.1, 0.15) is 0 Å². The fraction of sp³-hybridized carbons (Fsp3) is 0. The predicted octanol–water partition coefficient (Wildman–Crippen LogP) is 2.33. The summed E-state index contributed by atoms with van der Waals surface area (Å²) in [7, 11) is 0. The van der Waals surface area contributed by atoms with E-state index < -0.39 is 11.5 Å². The van der Waals surface area contributed by atoms with Crippen LogP contribution in [0, 0.1) is 0 Å². The van der Waals surface area contributed by atoms with Crippen LogP contribution in [0.3, 0.4) is 0 Å². The Morgan fingerprint density at radius 1 is 0.643 bits per heavy atom. The Morgan fingerprint density at radius 3 is 1.07 bits per heavy atom. The number of halogens is 4. The van der Waals surface area contributed by atoms with Gasteiger partial charge in [0.2, 0.25) is 0 Å². The number of hydrogen-bond acceptors (Lipinski definition) is 3. The van der Waals surface area contributed by atoms with Gasteiger partial charge in [0.25, 0.3) is 0 Å². The molecule has 14 heavy (non-hydrogen) atoms. The van der Waals surface area contributed by atoms with Crippen molar-refractivity contribution in [3.63, 3.8) is 0 Å². The summed E-state index contributed by atoms with van der Waals surface area (Å²) in [6.07, 6.45) is 0. The molecule has 0 aliphatic carbocycles. The van der Waals surface area contributed by atoms with Gasteiger partial charge < -0.3 is 15.7 Å². The molecule has 76 valence electrons. The Balaban J connectivity index is 0. The second-order valence-corrected chi connectivity index (χ2v) is 5.09. The molecule has 0 aliphatic heterocycles. The van der Waals surface area contributed by atoms with Gasteiger partial charge in [0, 0.05) is 17.9 Å². The van der Waals surface area contributed by atoms with Gasteiger partial charge in [-0.25, -0.2) is 0 Å². The van der Waals surface area contributed by atoms with Crippen LogP contribution in [0.2, 0.25) is 0 Å². The Labute approximate surface area is 133 Å². The van der Waals surface area contributed by atoms with Gasteiger partial charge in [0.05, 0.1) is 0 Å². The zero-order chi connectivity index (χ0) is 9.46. The average Bonchev–Trinajstić information content (AvgIpc) is 2.08. The summed E-state index contributed by atoms with van der Waals surface area (Å²) < 4.78 is 1.56. The standard InChI is InChI=1S/C6H2Br4O2.Bi.H2O/c7-1-2(8)4(10)6(12)5(11)3(1)9;;/h11-12H;;1H2/q;+3;/p-3. The molecule has 0 aliphatic rings. The van der Waals surface area contributed by atoms with Crippen molar-refractivity contribution < 1.29 is 15.7 Å². The minimum Gasteiger partial charge on any atom is -0.872 e. The third-order valence-corrected chi connectivity index (χ3v) is 5.88. The molecular weight excluding hydrogens is 649 g/mol. The normalized spacial score (nSPS) is 8.86. The molecule has 2 radical (unpaired) electrons. The van der Waals surface area contributed by atoms with Gasteiger partial charge in [0.1, 0.15) is 0 Å². The van der Waals surface area contributed by atoms with Crippen molar-refractivity contribution in [2.24, 2.45) is 0 Å². The molecule has 1 rings (SSSR count). The van der Waals surface area contributed by atoms with Crippen molar-refractivity contribution in [3.05, 3.63) is 17.9 Å². The van der Waals surface area contributed by atoms with Crippen LogP contribution in [0.25, 0.3) is 0 Å². The average molecular weight is 650 g/mol. The second-order valence-electron chi connectivity index (χ2n) is 1.91. The van der Waals surface area contributed by atoms with Crippen LogP contribution >= 0.6 is 63.7 Å². The van der Waals surface area contributed by atoms with Crippen LogP contribution in [-0.4, -0.2) is 31.7 Å². The van der Waals surface area contributed by atoms with E-state index in [-0.39, 0.29) is 40.6 Å². The fourth-order valence-corrected chi connectivity index (χ4v) is 2.64. The van der Waals surface area contributed by atoms with Crippen molar-refractivity contribution >= 4 is 89.9 Å². The molecule has 0 unspecified atom stereocenters. The largest absolute Gasteiger partial charge is 3.00 e. The molecule has 0 bridgehead atoms. The molecule has 1 aromatic rings. The molecule has 0 aromatic heterocycles. The first-order chi connectivity index (χ1) is 5.46. The summed E-state index contributed by atoms with van der Waals surface area (Å²) in [5, 5.41) is 22.2. The molecule has 0 spiro atoms. The van der Waals surface area contributed by atoms with Gasteiger partial charge in [-0.15, -0.1) is 11.5 Å². The molecular formula is C6HBiBr4O3. The quantitative estimate of drug-likeness (QED) is 0.246. The zero-order valence-electron chi connectivity index (χ0n) is 6.22. The van der Waals surface area contributed by atoms with Crippen LogP contribution < -0.4 is 10.2 Å². The van der Waals surface area contributed by atoms with Crippen molar-refractivity contribution in [1.29, 1.82) is 0 Å². The van der Waals surface area contributed by atoms with Crippen molar-refractivity contribution in [1.82, 2.24) is 0 Å². The minimum absolute atomic E-state index is 0. The molecule has 0 saturated heterocycles. The van der Waals surface area contributed by atoms with Gasteiger partial charge in [-0.1, -0.05) is 31.9 Å². The van der Waals surface area contributed by atoms with Crippen LogP contribution in [0.4, 0.5) is 0 Å². The van der Waals surface area contributed by atoms with Crippen LogP contribution in [0.15, 0.2) is 17.9 Å². The van der Waals surface area contributed by atoms with E-state index in [0.29, 0.717) is 8.95 Å². The molecule has 0 saturated carbocycles. The predicted molar refractivity (Wildman–Crippen MR) is 63.8 cm³/mol. The van der Waals surface area contributed by atoms with Gasteiger partial charge in [-0.05, 0) is 31.9 Å². The summed E-state index contributed by atoms with van der Waals surface area (Å²) in [6.45, 7) is 0. The van der Waals surface area contributed by atoms with E-state index in [9.17, 15) is 10.2 Å². The third-order valence-electron chi connectivity index (χ3n) is 1.18. The Hall–Kier alpha value is 1.58. The first-order valence-electron chi connectivity index (χ1n) is 2.66. The van der Waals surface area contributed by atoms with Gasteiger partial charge in [0.15, 0.2) is 0 Å². The van der Waals surface area contributed by atoms with E-state index in [2.05, 4.69) is 63.7 Å². The molecule has 3 nitrogen and oxygen atoms in total. The van der Waals surface area contributed by atoms with E-state index in [1.54, 1.807) is 0 Å². The summed E-state index contributed by atoms with van der Waals surface area (Å²) in [4.78, 5) is 0. The van der Waals surface area contributed by atoms with E-state index in [1.165, 1.54) is 0 Å². The summed E-state index contributed by atoms with van der Waals surface area (Å²) in [5.41, 5.74) is 0. The number of rotatable bonds is 0. The first-order valence-corrected chi connectivity index (χ1v) is 5.84. The smallest absolute Gasteiger partial charge is 0.872 e. The van der Waals surface area contributed by atoms with Gasteiger partial charge in [-0.2, -0.15) is 0 Å². The minimum atomic E-state index is -0.558. The van der Waals surface area contributed by atoms with Crippen molar-refractivity contribution in [2.75, 3.05) is 0 Å². The topological polar surface area (TPSA) is 76.1 Å². The Bertz CT molecular complexity index is 239. The maximum atomic E-state index is 11.1. The first kappa shape index (κ1) is 18.0. The maximum Gasteiger partial charge on any atom is 3.00 e. The molecule has 8 heteroatoms. The maximum absolute atomic E-state index is 11.1. The number of benzene rings is 1. The van der Waals surface area contributed by atoms with Crippen LogP contribution in [0.5, 0.6) is 11.5 Å². The SMILES string of the molecule is [Bi+3].[O-]c1c([O-])c(Br)c(Br)c(Br)c1Br.[OH-]. The molecule has 0 heterocycles. The van der Waals surface area contributed by atoms with E-state index >= 15 is 0 Å². The van der Waals surface area contributed by atoms with Crippen molar-refractivity contribution in [3.8, 4) is 11.5 Å². The summed E-state index contributed by atoms with van der Waals surface area (Å²) in [5.74, 6) is -1.12. The van der Waals surface area contributed by atoms with Gasteiger partial charge in [-0.3, -0.25) is 0 Å². The molecule has 0 atom stereocenters. The molecule has 1 aromatic carbocycles. The Kier molecular flexibility index (Phi) is 9.00. The van der Waals surface area contributed by atoms with E-state index in [1.807, 2.05) is 0 Å². The molecule has 1 N–H and O–H groups in total. The molecule has 0 fully saturated rings. The number of hydrogen-bond donors (Lipinski definition) is 0. The second kappa shape index (κ2) is 7.02. The van der Waals surface area contributed by atoms with Crippen LogP contribution in [-0.2, 0) is 0 Å².